The van der Waals surface area contributed by atoms with Crippen LogP contribution in [0, 0.1) is 0 Å². The normalized spacial score (nSPS) is 14.8. The largest absolute Gasteiger partial charge is 0.395 e. The van der Waals surface area contributed by atoms with Gasteiger partial charge in [-0.05, 0) is 6.42 Å². The van der Waals surface area contributed by atoms with Crippen LogP contribution < -0.4 is 5.32 Å². The zero-order valence-corrected chi connectivity index (χ0v) is 12.3. The van der Waals surface area contributed by atoms with Gasteiger partial charge in [-0.25, -0.2) is 0 Å². The molecule has 1 saturated heterocycles. The van der Waals surface area contributed by atoms with Gasteiger partial charge in [0.25, 0.3) is 0 Å². The van der Waals surface area contributed by atoms with E-state index in [9.17, 15) is 14.4 Å². The number of likely N-dealkylation sites (tertiary alicyclic amines) is 1. The Hall–Kier alpha value is -1.51. The summed E-state index contributed by atoms with van der Waals surface area (Å²) in [5.74, 6) is -0.985. The molecule has 1 heterocycles. The molecular weight excluding hydrogens is 278 g/mol. The number of methoxy groups -OCH3 is 1. The fraction of sp³-hybridized carbons (Fsp3) is 0.769. The molecule has 0 unspecified atom stereocenters. The van der Waals surface area contributed by atoms with Crippen LogP contribution in [0.15, 0.2) is 0 Å². The van der Waals surface area contributed by atoms with Crippen molar-refractivity contribution in [2.45, 2.75) is 12.8 Å². The van der Waals surface area contributed by atoms with E-state index in [0.717, 1.165) is 6.42 Å². The highest BCUT2D eigenvalue weighted by Gasteiger charge is 2.23. The Bertz CT molecular complexity index is 375. The smallest absolute Gasteiger partial charge is 0.246 e. The topological polar surface area (TPSA) is 99.2 Å². The summed E-state index contributed by atoms with van der Waals surface area (Å²) in [5, 5.41) is 11.2. The van der Waals surface area contributed by atoms with Crippen LogP contribution in [0.4, 0.5) is 0 Å². The van der Waals surface area contributed by atoms with Crippen molar-refractivity contribution in [3.63, 3.8) is 0 Å². The summed E-state index contributed by atoms with van der Waals surface area (Å²) in [6.45, 7) is 1.66. The number of carbonyl (C=O) groups is 3. The first-order valence-corrected chi connectivity index (χ1v) is 6.99. The number of hydrogen-bond acceptors (Lipinski definition) is 6. The molecule has 8 heteroatoms. The van der Waals surface area contributed by atoms with Crippen molar-refractivity contribution in [1.82, 2.24) is 15.1 Å². The molecule has 3 amide bonds. The molecule has 0 bridgehead atoms. The van der Waals surface area contributed by atoms with Gasteiger partial charge in [-0.3, -0.25) is 24.6 Å². The molecule has 8 nitrogen and oxygen atoms in total. The number of amides is 3. The molecule has 0 aliphatic carbocycles. The van der Waals surface area contributed by atoms with E-state index in [1.165, 1.54) is 4.90 Å². The SMILES string of the molecule is COCCN(CCO)CC(=O)NC(=O)CN1CCCC1=O. The van der Waals surface area contributed by atoms with Crippen LogP contribution in [0.5, 0.6) is 0 Å². The summed E-state index contributed by atoms with van der Waals surface area (Å²) in [7, 11) is 1.55. The number of nitrogens with zero attached hydrogens (tertiary/aromatic N) is 2. The monoisotopic (exact) mass is 301 g/mol. The van der Waals surface area contributed by atoms with Gasteiger partial charge in [-0.15, -0.1) is 0 Å². The third kappa shape index (κ3) is 6.65. The lowest BCUT2D eigenvalue weighted by atomic mass is 10.4. The number of carbonyl (C=O) groups excluding carboxylic acids is 3. The number of aliphatic hydroxyl groups excluding tert-OH is 1. The maximum absolute atomic E-state index is 11.8. The molecule has 21 heavy (non-hydrogen) atoms. The lowest BCUT2D eigenvalue weighted by Crippen LogP contribution is -2.45. The van der Waals surface area contributed by atoms with Crippen molar-refractivity contribution >= 4 is 17.7 Å². The fourth-order valence-corrected chi connectivity index (χ4v) is 2.11. The lowest BCUT2D eigenvalue weighted by molar-refractivity contribution is -0.136. The summed E-state index contributed by atoms with van der Waals surface area (Å²) in [5.41, 5.74) is 0. The van der Waals surface area contributed by atoms with Gasteiger partial charge in [0, 0.05) is 33.2 Å². The van der Waals surface area contributed by atoms with Gasteiger partial charge in [-0.2, -0.15) is 0 Å². The number of imide groups is 1. The first kappa shape index (κ1) is 17.5. The fourth-order valence-electron chi connectivity index (χ4n) is 2.11. The Morgan fingerprint density at radius 2 is 2.14 bits per heavy atom. The summed E-state index contributed by atoms with van der Waals surface area (Å²) in [6, 6.07) is 0. The van der Waals surface area contributed by atoms with E-state index in [1.807, 2.05) is 0 Å². The van der Waals surface area contributed by atoms with E-state index in [4.69, 9.17) is 9.84 Å². The van der Waals surface area contributed by atoms with Crippen molar-refractivity contribution in [2.75, 3.05) is 53.0 Å². The minimum Gasteiger partial charge on any atom is -0.395 e. The number of nitrogens with one attached hydrogen (secondary N) is 1. The molecule has 0 aromatic heterocycles. The van der Waals surface area contributed by atoms with E-state index >= 15 is 0 Å². The van der Waals surface area contributed by atoms with Crippen molar-refractivity contribution in [1.29, 1.82) is 0 Å². The zero-order valence-electron chi connectivity index (χ0n) is 12.3. The minimum atomic E-state index is -0.481. The first-order chi connectivity index (χ1) is 10.1. The third-order valence-corrected chi connectivity index (χ3v) is 3.18. The number of aliphatic hydroxyl groups is 1. The Morgan fingerprint density at radius 1 is 1.38 bits per heavy atom. The van der Waals surface area contributed by atoms with Crippen LogP contribution in [-0.4, -0.2) is 85.7 Å². The van der Waals surface area contributed by atoms with Crippen molar-refractivity contribution in [2.24, 2.45) is 0 Å². The Balaban J connectivity index is 2.32. The molecule has 1 aliphatic heterocycles. The van der Waals surface area contributed by atoms with Crippen LogP contribution >= 0.6 is 0 Å². The summed E-state index contributed by atoms with van der Waals surface area (Å²) >= 11 is 0. The molecular formula is C13H23N3O5. The predicted molar refractivity (Wildman–Crippen MR) is 74.4 cm³/mol. The predicted octanol–water partition coefficient (Wildman–Crippen LogP) is -1.81. The Morgan fingerprint density at radius 3 is 2.71 bits per heavy atom. The number of ether oxygens (including phenoxy) is 1. The average molecular weight is 301 g/mol. The maximum atomic E-state index is 11.8. The average Bonchev–Trinajstić information content (AvgIpc) is 2.81. The molecule has 120 valence electrons. The number of hydrogen-bond donors (Lipinski definition) is 2. The first-order valence-electron chi connectivity index (χ1n) is 6.99. The Kier molecular flexibility index (Phi) is 7.88. The van der Waals surface area contributed by atoms with Gasteiger partial charge < -0.3 is 14.7 Å². The molecule has 1 rings (SSSR count). The van der Waals surface area contributed by atoms with Gasteiger partial charge in [-0.1, -0.05) is 0 Å². The third-order valence-electron chi connectivity index (χ3n) is 3.18. The highest BCUT2D eigenvalue weighted by molar-refractivity contribution is 5.98. The molecule has 1 fully saturated rings. The second-order valence-corrected chi connectivity index (χ2v) is 4.88. The molecule has 0 radical (unpaired) electrons. The van der Waals surface area contributed by atoms with E-state index in [2.05, 4.69) is 5.32 Å². The van der Waals surface area contributed by atoms with Crippen LogP contribution in [0.3, 0.4) is 0 Å². The van der Waals surface area contributed by atoms with Crippen LogP contribution in [0.2, 0.25) is 0 Å². The molecule has 0 saturated carbocycles. The van der Waals surface area contributed by atoms with Crippen molar-refractivity contribution < 1.29 is 24.2 Å². The molecule has 0 aromatic rings. The zero-order chi connectivity index (χ0) is 15.7. The minimum absolute atomic E-state index is 0.00358. The molecule has 0 aromatic carbocycles. The van der Waals surface area contributed by atoms with E-state index in [0.29, 0.717) is 32.7 Å². The second-order valence-electron chi connectivity index (χ2n) is 4.88. The van der Waals surface area contributed by atoms with Crippen LogP contribution in [0.25, 0.3) is 0 Å². The standard InChI is InChI=1S/C13H23N3O5/c1-21-8-6-15(5-7-17)9-11(18)14-12(19)10-16-4-2-3-13(16)20/h17H,2-10H2,1H3,(H,14,18,19). The van der Waals surface area contributed by atoms with E-state index in [1.54, 1.807) is 12.0 Å². The molecule has 0 spiro atoms. The summed E-state index contributed by atoms with van der Waals surface area (Å²) in [4.78, 5) is 38.0. The molecule has 2 N–H and O–H groups in total. The van der Waals surface area contributed by atoms with Gasteiger partial charge in [0.2, 0.25) is 17.7 Å². The summed E-state index contributed by atoms with van der Waals surface area (Å²) < 4.78 is 4.92. The maximum Gasteiger partial charge on any atom is 0.246 e. The van der Waals surface area contributed by atoms with Crippen LogP contribution in [-0.2, 0) is 19.1 Å². The highest BCUT2D eigenvalue weighted by atomic mass is 16.5. The Labute approximate surface area is 124 Å². The van der Waals surface area contributed by atoms with Crippen LogP contribution in [0.1, 0.15) is 12.8 Å². The number of rotatable bonds is 9. The van der Waals surface area contributed by atoms with Gasteiger partial charge in [0.05, 0.1) is 26.3 Å². The summed E-state index contributed by atoms with van der Waals surface area (Å²) in [6.07, 6.45) is 1.21. The quantitative estimate of drug-likeness (QED) is 0.521. The second kappa shape index (κ2) is 9.43. The lowest BCUT2D eigenvalue weighted by Gasteiger charge is -2.20. The van der Waals surface area contributed by atoms with Crippen molar-refractivity contribution in [3.05, 3.63) is 0 Å². The van der Waals surface area contributed by atoms with Gasteiger partial charge in [0.15, 0.2) is 0 Å². The highest BCUT2D eigenvalue weighted by Crippen LogP contribution is 2.08. The molecule has 0 atom stereocenters. The van der Waals surface area contributed by atoms with E-state index < -0.39 is 11.8 Å². The van der Waals surface area contributed by atoms with E-state index in [-0.39, 0.29) is 25.6 Å². The van der Waals surface area contributed by atoms with Gasteiger partial charge in [0.1, 0.15) is 0 Å². The van der Waals surface area contributed by atoms with Gasteiger partial charge >= 0.3 is 0 Å². The molecule has 1 aliphatic rings. The van der Waals surface area contributed by atoms with Crippen molar-refractivity contribution in [3.8, 4) is 0 Å².